The lowest BCUT2D eigenvalue weighted by molar-refractivity contribution is 0.114. The second-order valence-corrected chi connectivity index (χ2v) is 1.35. The highest BCUT2D eigenvalue weighted by Gasteiger charge is 1.84. The number of ether oxygens (including phenoxy) is 2. The van der Waals surface area contributed by atoms with Gasteiger partial charge in [0.1, 0.15) is 6.61 Å². The van der Waals surface area contributed by atoms with Gasteiger partial charge in [0.15, 0.2) is 6.40 Å². The van der Waals surface area contributed by atoms with Crippen LogP contribution in [0.15, 0.2) is 4.99 Å². The van der Waals surface area contributed by atoms with Crippen LogP contribution in [0.25, 0.3) is 0 Å². The van der Waals surface area contributed by atoms with E-state index in [9.17, 15) is 0 Å². The zero-order chi connectivity index (χ0) is 7.82. The Morgan fingerprint density at radius 3 is 2.60 bits per heavy atom. The number of methoxy groups -OCH3 is 1. The molecule has 0 amide bonds. The van der Waals surface area contributed by atoms with Gasteiger partial charge < -0.3 is 14.6 Å². The average Bonchev–Trinajstić information content (AvgIpc) is 2.43. The van der Waals surface area contributed by atoms with Crippen LogP contribution < -0.4 is 0 Å². The molecule has 0 fully saturated rings. The number of carbonyl (C=O) groups is 1. The van der Waals surface area contributed by atoms with Crippen molar-refractivity contribution in [1.29, 1.82) is 0 Å². The van der Waals surface area contributed by atoms with Crippen LogP contribution in [0.1, 0.15) is 0 Å². The summed E-state index contributed by atoms with van der Waals surface area (Å²) in [6.45, 7) is 1.62. The van der Waals surface area contributed by atoms with Gasteiger partial charge in [-0.2, -0.15) is 0 Å². The van der Waals surface area contributed by atoms with E-state index >= 15 is 0 Å². The molecule has 0 saturated heterocycles. The highest BCUT2D eigenvalue weighted by atomic mass is 16.6. The Morgan fingerprint density at radius 1 is 1.90 bits per heavy atom. The predicted molar refractivity (Wildman–Crippen MR) is 34.3 cm³/mol. The Bertz CT molecular complexity index is 117. The van der Waals surface area contributed by atoms with Crippen molar-refractivity contribution in [2.75, 3.05) is 20.3 Å². The lowest BCUT2D eigenvalue weighted by Crippen LogP contribution is -1.91. The maximum atomic E-state index is 9.15. The van der Waals surface area contributed by atoms with Crippen LogP contribution in [0, 0.1) is 0 Å². The molecule has 1 rings (SSSR count). The van der Waals surface area contributed by atoms with Gasteiger partial charge in [0, 0.05) is 0 Å². The number of nitrogens with zero attached hydrogens (tertiary/aromatic N) is 1. The van der Waals surface area contributed by atoms with E-state index in [0.717, 1.165) is 20.3 Å². The Morgan fingerprint density at radius 2 is 2.50 bits per heavy atom. The van der Waals surface area contributed by atoms with Crippen molar-refractivity contribution in [2.24, 2.45) is 4.99 Å². The molecule has 0 aromatic carbocycles. The summed E-state index contributed by atoms with van der Waals surface area (Å²) < 4.78 is 8.32. The lowest BCUT2D eigenvalue weighted by atomic mass is 10.8. The highest BCUT2D eigenvalue weighted by molar-refractivity contribution is 5.56. The van der Waals surface area contributed by atoms with Gasteiger partial charge in [0.05, 0.1) is 13.7 Å². The van der Waals surface area contributed by atoms with Crippen molar-refractivity contribution in [3.05, 3.63) is 0 Å². The van der Waals surface area contributed by atoms with E-state index in [1.165, 1.54) is 6.40 Å². The molecule has 0 radical (unpaired) electrons. The third kappa shape index (κ3) is 6.74. The molecule has 0 aliphatic carbocycles. The largest absolute Gasteiger partial charge is 0.505 e. The summed E-state index contributed by atoms with van der Waals surface area (Å²) in [5, 5.41) is 7.50. The summed E-state index contributed by atoms with van der Waals surface area (Å²) in [5.41, 5.74) is 0. The number of hydrogen-bond donors (Lipinski definition) is 1. The van der Waals surface area contributed by atoms with Crippen LogP contribution in [-0.2, 0) is 9.47 Å². The average molecular weight is 147 g/mol. The van der Waals surface area contributed by atoms with Crippen molar-refractivity contribution in [2.45, 2.75) is 0 Å². The molecule has 0 atom stereocenters. The van der Waals surface area contributed by atoms with Gasteiger partial charge in [-0.05, 0) is 0 Å². The summed E-state index contributed by atoms with van der Waals surface area (Å²) in [5.74, 6) is 0. The minimum Gasteiger partial charge on any atom is -0.482 e. The summed E-state index contributed by atoms with van der Waals surface area (Å²) in [6, 6.07) is 0. The van der Waals surface area contributed by atoms with Crippen LogP contribution in [0.5, 0.6) is 0 Å². The number of carboxylic acid groups (broad SMARTS) is 1. The number of aliphatic imine (C=N–C) groups is 1. The molecule has 1 aliphatic rings. The van der Waals surface area contributed by atoms with Gasteiger partial charge in [-0.1, -0.05) is 0 Å². The first-order valence-electron chi connectivity index (χ1n) is 2.64. The first-order valence-corrected chi connectivity index (χ1v) is 2.64. The normalized spacial score (nSPS) is 12.9. The van der Waals surface area contributed by atoms with Crippen molar-refractivity contribution >= 4 is 12.6 Å². The Kier molecular flexibility index (Phi) is 5.13. The van der Waals surface area contributed by atoms with Crippen molar-refractivity contribution < 1.29 is 19.4 Å². The molecule has 1 N–H and O–H groups in total. The zero-order valence-electron chi connectivity index (χ0n) is 5.61. The van der Waals surface area contributed by atoms with Gasteiger partial charge in [-0.25, -0.2) is 4.79 Å². The molecule has 0 bridgehead atoms. The topological polar surface area (TPSA) is 68.1 Å². The van der Waals surface area contributed by atoms with Crippen LogP contribution >= 0.6 is 0 Å². The van der Waals surface area contributed by atoms with Gasteiger partial charge in [-0.3, -0.25) is 4.99 Å². The Balaban J connectivity index is 0.000000162. The van der Waals surface area contributed by atoms with E-state index < -0.39 is 6.16 Å². The summed E-state index contributed by atoms with van der Waals surface area (Å²) in [4.78, 5) is 12.9. The lowest BCUT2D eigenvalue weighted by Gasteiger charge is -1.79. The van der Waals surface area contributed by atoms with E-state index in [1.807, 2.05) is 0 Å². The molecular formula is C5H9NO4. The smallest absolute Gasteiger partial charge is 0.482 e. The van der Waals surface area contributed by atoms with Gasteiger partial charge in [-0.15, -0.1) is 0 Å². The number of hydrogen-bond acceptors (Lipinski definition) is 4. The molecule has 10 heavy (non-hydrogen) atoms. The quantitative estimate of drug-likeness (QED) is 0.502. The molecule has 0 saturated carbocycles. The van der Waals surface area contributed by atoms with Crippen LogP contribution in [0.4, 0.5) is 4.79 Å². The molecule has 58 valence electrons. The van der Waals surface area contributed by atoms with Crippen LogP contribution in [-0.4, -0.2) is 37.9 Å². The zero-order valence-corrected chi connectivity index (χ0v) is 5.61. The standard InChI is InChI=1S/C3H5NO.C2H4O3/c1-2-5-3-4-1;1-5-2(3)4/h3H,1-2H2;1H3,(H,3,4). The fourth-order valence-corrected chi connectivity index (χ4v) is 0.264. The fourth-order valence-electron chi connectivity index (χ4n) is 0.264. The monoisotopic (exact) mass is 147 g/mol. The van der Waals surface area contributed by atoms with Gasteiger partial charge in [0.2, 0.25) is 0 Å². The third-order valence-corrected chi connectivity index (χ3v) is 0.662. The van der Waals surface area contributed by atoms with Crippen molar-refractivity contribution in [1.82, 2.24) is 0 Å². The molecule has 1 aliphatic heterocycles. The van der Waals surface area contributed by atoms with Crippen molar-refractivity contribution in [3.8, 4) is 0 Å². The molecule has 5 nitrogen and oxygen atoms in total. The highest BCUT2D eigenvalue weighted by Crippen LogP contribution is 1.78. The SMILES string of the molecule is C1=NCCO1.COC(=O)O. The molecule has 0 aromatic heterocycles. The van der Waals surface area contributed by atoms with E-state index in [2.05, 4.69) is 14.5 Å². The first kappa shape index (κ1) is 8.74. The minimum atomic E-state index is -1.25. The van der Waals surface area contributed by atoms with Crippen LogP contribution in [0.3, 0.4) is 0 Å². The van der Waals surface area contributed by atoms with E-state index in [1.54, 1.807) is 0 Å². The summed E-state index contributed by atoms with van der Waals surface area (Å²) in [7, 11) is 1.10. The maximum Gasteiger partial charge on any atom is 0.505 e. The molecule has 1 heterocycles. The van der Waals surface area contributed by atoms with E-state index in [4.69, 9.17) is 9.90 Å². The fraction of sp³-hybridized carbons (Fsp3) is 0.600. The number of rotatable bonds is 0. The van der Waals surface area contributed by atoms with E-state index in [0.29, 0.717) is 0 Å². The predicted octanol–water partition coefficient (Wildman–Crippen LogP) is 0.356. The summed E-state index contributed by atoms with van der Waals surface area (Å²) >= 11 is 0. The second kappa shape index (κ2) is 5.87. The Hall–Kier alpha value is -1.26. The molecular weight excluding hydrogens is 138 g/mol. The first-order chi connectivity index (χ1) is 4.77. The molecule has 5 heteroatoms. The second-order valence-electron chi connectivity index (χ2n) is 1.35. The molecule has 0 aromatic rings. The van der Waals surface area contributed by atoms with Gasteiger partial charge >= 0.3 is 6.16 Å². The molecule has 0 spiro atoms. The van der Waals surface area contributed by atoms with E-state index in [-0.39, 0.29) is 0 Å². The maximum absolute atomic E-state index is 9.15. The Labute approximate surface area is 58.3 Å². The van der Waals surface area contributed by atoms with Gasteiger partial charge in [0.25, 0.3) is 0 Å². The molecule has 0 unspecified atom stereocenters. The van der Waals surface area contributed by atoms with Crippen molar-refractivity contribution in [3.63, 3.8) is 0 Å². The third-order valence-electron chi connectivity index (χ3n) is 0.662. The van der Waals surface area contributed by atoms with Crippen LogP contribution in [0.2, 0.25) is 0 Å². The summed E-state index contributed by atoms with van der Waals surface area (Å²) in [6.07, 6.45) is 0.241. The minimum absolute atomic E-state index is 0.778.